The molecule has 1 amide bonds. The number of amides is 1. The van der Waals surface area contributed by atoms with Gasteiger partial charge in [0.2, 0.25) is 5.91 Å². The van der Waals surface area contributed by atoms with E-state index in [1.54, 1.807) is 24.8 Å². The maximum Gasteiger partial charge on any atom is 0.308 e. The Morgan fingerprint density at radius 2 is 2.10 bits per heavy atom. The van der Waals surface area contributed by atoms with Crippen LogP contribution in [0.25, 0.3) is 0 Å². The summed E-state index contributed by atoms with van der Waals surface area (Å²) in [5.41, 5.74) is 5.97. The second-order valence-corrected chi connectivity index (χ2v) is 7.05. The molecule has 0 spiro atoms. The van der Waals surface area contributed by atoms with Crippen molar-refractivity contribution in [2.24, 2.45) is 17.6 Å². The van der Waals surface area contributed by atoms with E-state index in [2.05, 4.69) is 25.7 Å². The van der Waals surface area contributed by atoms with Crippen LogP contribution >= 0.6 is 11.8 Å². The summed E-state index contributed by atoms with van der Waals surface area (Å²) in [5.74, 6) is -1.57. The van der Waals surface area contributed by atoms with Crippen molar-refractivity contribution in [2.45, 2.75) is 50.4 Å². The lowest BCUT2D eigenvalue weighted by molar-refractivity contribution is -0.147. The van der Waals surface area contributed by atoms with E-state index in [1.165, 1.54) is 0 Å². The van der Waals surface area contributed by atoms with E-state index in [9.17, 15) is 14.7 Å². The summed E-state index contributed by atoms with van der Waals surface area (Å²) in [6.45, 7) is 9.49. The Hall–Kier alpha value is -1.01. The van der Waals surface area contributed by atoms with E-state index in [-0.39, 0.29) is 16.7 Å². The topological polar surface area (TPSA) is 92.4 Å². The van der Waals surface area contributed by atoms with E-state index in [0.29, 0.717) is 0 Å². The van der Waals surface area contributed by atoms with Crippen molar-refractivity contribution in [1.29, 1.82) is 0 Å². The Bertz CT molecular complexity index is 404. The van der Waals surface area contributed by atoms with Crippen LogP contribution in [0.4, 0.5) is 0 Å². The van der Waals surface area contributed by atoms with E-state index in [0.717, 1.165) is 18.6 Å². The highest BCUT2D eigenvalue weighted by molar-refractivity contribution is 8.02. The molecule has 1 aliphatic heterocycles. The van der Waals surface area contributed by atoms with Crippen LogP contribution in [0.15, 0.2) is 12.7 Å². The molecule has 0 aromatic carbocycles. The molecule has 1 fully saturated rings. The third kappa shape index (κ3) is 3.61. The van der Waals surface area contributed by atoms with Crippen LogP contribution in [0.1, 0.15) is 33.6 Å². The predicted molar refractivity (Wildman–Crippen MR) is 86.2 cm³/mol. The van der Waals surface area contributed by atoms with Gasteiger partial charge >= 0.3 is 5.97 Å². The fraction of sp³-hybridized carbons (Fsp3) is 0.733. The largest absolute Gasteiger partial charge is 0.481 e. The zero-order chi connectivity index (χ0) is 16.2. The summed E-state index contributed by atoms with van der Waals surface area (Å²) in [6.07, 6.45) is 3.36. The maximum absolute atomic E-state index is 12.1. The van der Waals surface area contributed by atoms with Gasteiger partial charge < -0.3 is 16.2 Å². The van der Waals surface area contributed by atoms with E-state index in [1.807, 2.05) is 0 Å². The molecule has 3 unspecified atom stereocenters. The van der Waals surface area contributed by atoms with Gasteiger partial charge in [-0.1, -0.05) is 19.9 Å². The highest BCUT2D eigenvalue weighted by atomic mass is 32.2. The lowest BCUT2D eigenvalue weighted by Crippen LogP contribution is -2.59. The Kier molecular flexibility index (Phi) is 6.28. The first-order valence-corrected chi connectivity index (χ1v) is 8.36. The monoisotopic (exact) mass is 314 g/mol. The molecule has 4 N–H and O–H groups in total. The molecule has 0 aliphatic carbocycles. The molecule has 4 atom stereocenters. The van der Waals surface area contributed by atoms with Crippen LogP contribution in [0.5, 0.6) is 0 Å². The molecular weight excluding hydrogens is 288 g/mol. The standard InChI is InChI=1S/C15H26N2O3S/c1-5-9(4)17-13(18)12(16)11(14(19)20)10-8-21-15(10,6-2)7-3/h5,9-12H,1,6-8,16H2,2-4H3,(H,17,18)(H,19,20)/t9?,10?,11?,12-/m0/s1. The first kappa shape index (κ1) is 18.0. The number of nitrogens with two attached hydrogens (primary N) is 1. The second-order valence-electron chi connectivity index (χ2n) is 5.61. The average Bonchev–Trinajstić information content (AvgIpc) is 2.43. The lowest BCUT2D eigenvalue weighted by Gasteiger charge is -2.51. The van der Waals surface area contributed by atoms with Crippen LogP contribution in [0.3, 0.4) is 0 Å². The number of hydrogen-bond donors (Lipinski definition) is 3. The number of carboxylic acids is 1. The van der Waals surface area contributed by atoms with Crippen molar-refractivity contribution in [3.8, 4) is 0 Å². The number of nitrogens with one attached hydrogen (secondary N) is 1. The summed E-state index contributed by atoms with van der Waals surface area (Å²) in [6, 6.07) is -1.26. The minimum absolute atomic E-state index is 0.0604. The van der Waals surface area contributed by atoms with E-state index < -0.39 is 23.8 Å². The zero-order valence-corrected chi connectivity index (χ0v) is 13.8. The van der Waals surface area contributed by atoms with Crippen molar-refractivity contribution in [1.82, 2.24) is 5.32 Å². The van der Waals surface area contributed by atoms with Crippen LogP contribution in [0, 0.1) is 11.8 Å². The van der Waals surface area contributed by atoms with Crippen LogP contribution < -0.4 is 11.1 Å². The van der Waals surface area contributed by atoms with Gasteiger partial charge in [-0.15, -0.1) is 6.58 Å². The third-order valence-electron chi connectivity index (χ3n) is 4.55. The molecule has 0 bridgehead atoms. The van der Waals surface area contributed by atoms with Gasteiger partial charge in [-0.2, -0.15) is 11.8 Å². The Balaban J connectivity index is 2.89. The first-order chi connectivity index (χ1) is 9.82. The molecule has 1 rings (SSSR count). The van der Waals surface area contributed by atoms with Gasteiger partial charge in [0.25, 0.3) is 0 Å². The van der Waals surface area contributed by atoms with Gasteiger partial charge in [-0.05, 0) is 31.4 Å². The quantitative estimate of drug-likeness (QED) is 0.592. The van der Waals surface area contributed by atoms with Gasteiger partial charge in [0, 0.05) is 10.8 Å². The minimum atomic E-state index is -1.03. The molecular formula is C15H26N2O3S. The second kappa shape index (κ2) is 7.31. The van der Waals surface area contributed by atoms with Crippen LogP contribution in [-0.2, 0) is 9.59 Å². The SMILES string of the molecule is C=CC(C)NC(=O)[C@@H](N)C(C(=O)O)C1CSC1(CC)CC. The molecule has 0 radical (unpaired) electrons. The number of carboxylic acid groups (broad SMARTS) is 1. The summed E-state index contributed by atoms with van der Waals surface area (Å²) >= 11 is 1.79. The highest BCUT2D eigenvalue weighted by Gasteiger charge is 2.53. The molecule has 0 saturated carbocycles. The Labute approximate surface area is 130 Å². The van der Waals surface area contributed by atoms with Gasteiger partial charge in [0.15, 0.2) is 0 Å². The smallest absolute Gasteiger partial charge is 0.308 e. The molecule has 1 aliphatic rings. The Morgan fingerprint density at radius 1 is 1.52 bits per heavy atom. The summed E-state index contributed by atoms with van der Waals surface area (Å²) in [7, 11) is 0. The fourth-order valence-electron chi connectivity index (χ4n) is 2.94. The molecule has 21 heavy (non-hydrogen) atoms. The summed E-state index contributed by atoms with van der Waals surface area (Å²) in [5, 5.41) is 12.2. The van der Waals surface area contributed by atoms with Gasteiger partial charge in [0.05, 0.1) is 12.0 Å². The third-order valence-corrected chi connectivity index (χ3v) is 6.54. The molecule has 5 nitrogen and oxygen atoms in total. The molecule has 0 aromatic heterocycles. The summed E-state index contributed by atoms with van der Waals surface area (Å²) in [4.78, 5) is 23.8. The Morgan fingerprint density at radius 3 is 2.43 bits per heavy atom. The van der Waals surface area contributed by atoms with Gasteiger partial charge in [-0.25, -0.2) is 0 Å². The van der Waals surface area contributed by atoms with Crippen molar-refractivity contribution < 1.29 is 14.7 Å². The number of aliphatic carboxylic acids is 1. The maximum atomic E-state index is 12.1. The minimum Gasteiger partial charge on any atom is -0.481 e. The van der Waals surface area contributed by atoms with Crippen LogP contribution in [0.2, 0.25) is 0 Å². The van der Waals surface area contributed by atoms with E-state index in [4.69, 9.17) is 5.73 Å². The molecule has 6 heteroatoms. The average molecular weight is 314 g/mol. The van der Waals surface area contributed by atoms with Crippen molar-refractivity contribution >= 4 is 23.6 Å². The van der Waals surface area contributed by atoms with Crippen molar-refractivity contribution in [3.63, 3.8) is 0 Å². The first-order valence-electron chi connectivity index (χ1n) is 7.38. The molecule has 0 aromatic rings. The van der Waals surface area contributed by atoms with E-state index >= 15 is 0 Å². The number of carbonyl (C=O) groups excluding carboxylic acids is 1. The van der Waals surface area contributed by atoms with Crippen molar-refractivity contribution in [2.75, 3.05) is 5.75 Å². The van der Waals surface area contributed by atoms with Gasteiger partial charge in [0.1, 0.15) is 0 Å². The highest BCUT2D eigenvalue weighted by Crippen LogP contribution is 2.54. The molecule has 1 heterocycles. The lowest BCUT2D eigenvalue weighted by atomic mass is 9.74. The molecule has 1 saturated heterocycles. The number of rotatable bonds is 8. The van der Waals surface area contributed by atoms with Crippen molar-refractivity contribution in [3.05, 3.63) is 12.7 Å². The number of hydrogen-bond acceptors (Lipinski definition) is 4. The predicted octanol–water partition coefficient (Wildman–Crippen LogP) is 1.63. The fourth-order valence-corrected chi connectivity index (χ4v) is 4.54. The zero-order valence-electron chi connectivity index (χ0n) is 13.0. The number of carbonyl (C=O) groups is 2. The summed E-state index contributed by atoms with van der Waals surface area (Å²) < 4.78 is -0.0645. The van der Waals surface area contributed by atoms with Crippen LogP contribution in [-0.4, -0.2) is 39.6 Å². The normalized spacial score (nSPS) is 24.3. The molecule has 120 valence electrons. The van der Waals surface area contributed by atoms with Gasteiger partial charge in [-0.3, -0.25) is 9.59 Å². The number of thioether (sulfide) groups is 1.